The van der Waals surface area contributed by atoms with Gasteiger partial charge in [0.15, 0.2) is 0 Å². The monoisotopic (exact) mass is 145 g/mol. The van der Waals surface area contributed by atoms with Gasteiger partial charge in [-0.3, -0.25) is 4.79 Å². The van der Waals surface area contributed by atoms with E-state index in [1.54, 1.807) is 0 Å². The number of piperidine rings is 1. The fraction of sp³-hybridized carbons (Fsp3) is 0.857. The molecule has 1 rings (SSSR count). The van der Waals surface area contributed by atoms with Crippen molar-refractivity contribution in [3.05, 3.63) is 0 Å². The molecule has 10 heavy (non-hydrogen) atoms. The lowest BCUT2D eigenvalue weighted by Gasteiger charge is -2.17. The Bertz CT molecular complexity index is 79.7. The molecule has 1 aliphatic rings. The van der Waals surface area contributed by atoms with Crippen LogP contribution in [-0.4, -0.2) is 24.7 Å². The summed E-state index contributed by atoms with van der Waals surface area (Å²) in [5.74, 6) is 0.973. The largest absolute Gasteiger partial charge is 0.483 e. The number of rotatable bonds is 0. The van der Waals surface area contributed by atoms with Gasteiger partial charge in [0.25, 0.3) is 6.47 Å². The Labute approximate surface area is 61.4 Å². The molecule has 1 heterocycles. The standard InChI is InChI=1S/C6H13N.CH2O2/c1-6-2-4-7-5-3-6;2-1-3/h6-7H,2-5H2,1H3;1H,(H,2,3). The van der Waals surface area contributed by atoms with Crippen molar-refractivity contribution >= 4 is 6.47 Å². The van der Waals surface area contributed by atoms with E-state index in [0.29, 0.717) is 0 Å². The van der Waals surface area contributed by atoms with Crippen molar-refractivity contribution in [1.29, 1.82) is 0 Å². The molecule has 2 N–H and O–H groups in total. The molecule has 1 aliphatic heterocycles. The van der Waals surface area contributed by atoms with Crippen LogP contribution in [0.5, 0.6) is 0 Å². The molecular weight excluding hydrogens is 130 g/mol. The number of nitrogens with one attached hydrogen (secondary N) is 1. The quantitative estimate of drug-likeness (QED) is 0.493. The van der Waals surface area contributed by atoms with Crippen molar-refractivity contribution in [2.45, 2.75) is 19.8 Å². The van der Waals surface area contributed by atoms with Gasteiger partial charge in [-0.2, -0.15) is 0 Å². The Morgan fingerprint density at radius 3 is 2.10 bits per heavy atom. The lowest BCUT2D eigenvalue weighted by molar-refractivity contribution is -0.122. The molecule has 0 aromatic heterocycles. The van der Waals surface area contributed by atoms with E-state index in [1.165, 1.54) is 25.9 Å². The second-order valence-electron chi connectivity index (χ2n) is 2.54. The zero-order chi connectivity index (χ0) is 7.82. The van der Waals surface area contributed by atoms with Crippen LogP contribution in [0.2, 0.25) is 0 Å². The van der Waals surface area contributed by atoms with Crippen LogP contribution < -0.4 is 5.32 Å². The van der Waals surface area contributed by atoms with Gasteiger partial charge in [0.05, 0.1) is 0 Å². The summed E-state index contributed by atoms with van der Waals surface area (Å²) in [7, 11) is 0. The number of hydrogen-bond acceptors (Lipinski definition) is 2. The van der Waals surface area contributed by atoms with Gasteiger partial charge < -0.3 is 10.4 Å². The van der Waals surface area contributed by atoms with Gasteiger partial charge in [0, 0.05) is 0 Å². The molecule has 1 saturated heterocycles. The van der Waals surface area contributed by atoms with Crippen molar-refractivity contribution in [3.8, 4) is 0 Å². The minimum atomic E-state index is -0.250. The van der Waals surface area contributed by atoms with Crippen molar-refractivity contribution in [2.75, 3.05) is 13.1 Å². The third-order valence-electron chi connectivity index (χ3n) is 1.63. The van der Waals surface area contributed by atoms with Crippen LogP contribution in [0.1, 0.15) is 19.8 Å². The Kier molecular flexibility index (Phi) is 6.18. The lowest BCUT2D eigenvalue weighted by atomic mass is 10.0. The SMILES string of the molecule is CC1CCNCC1.O=CO. The number of hydrogen-bond donors (Lipinski definition) is 2. The van der Waals surface area contributed by atoms with Gasteiger partial charge in [-0.1, -0.05) is 6.92 Å². The van der Waals surface area contributed by atoms with Crippen LogP contribution in [-0.2, 0) is 4.79 Å². The molecule has 3 nitrogen and oxygen atoms in total. The highest BCUT2D eigenvalue weighted by molar-refractivity contribution is 5.32. The minimum absolute atomic E-state index is 0.250. The van der Waals surface area contributed by atoms with E-state index in [2.05, 4.69) is 12.2 Å². The fourth-order valence-electron chi connectivity index (χ4n) is 0.966. The molecule has 60 valence electrons. The van der Waals surface area contributed by atoms with E-state index in [4.69, 9.17) is 9.90 Å². The maximum atomic E-state index is 8.36. The van der Waals surface area contributed by atoms with Gasteiger partial charge in [-0.25, -0.2) is 0 Å². The Morgan fingerprint density at radius 1 is 1.50 bits per heavy atom. The average molecular weight is 145 g/mol. The second kappa shape index (κ2) is 6.55. The first kappa shape index (κ1) is 9.43. The molecule has 0 aromatic rings. The number of carbonyl (C=O) groups is 1. The van der Waals surface area contributed by atoms with Crippen LogP contribution in [0, 0.1) is 5.92 Å². The average Bonchev–Trinajstić information content (AvgIpc) is 1.91. The van der Waals surface area contributed by atoms with E-state index >= 15 is 0 Å². The Hall–Kier alpha value is -0.570. The van der Waals surface area contributed by atoms with Crippen LogP contribution in [0.3, 0.4) is 0 Å². The second-order valence-corrected chi connectivity index (χ2v) is 2.54. The molecule has 0 atom stereocenters. The van der Waals surface area contributed by atoms with Crippen molar-refractivity contribution in [2.24, 2.45) is 5.92 Å². The van der Waals surface area contributed by atoms with Gasteiger partial charge >= 0.3 is 0 Å². The summed E-state index contributed by atoms with van der Waals surface area (Å²) in [5.41, 5.74) is 0. The molecule has 0 spiro atoms. The lowest BCUT2D eigenvalue weighted by Crippen LogP contribution is -2.26. The smallest absolute Gasteiger partial charge is 0.290 e. The molecule has 1 fully saturated rings. The van der Waals surface area contributed by atoms with Crippen LogP contribution >= 0.6 is 0 Å². The van der Waals surface area contributed by atoms with Gasteiger partial charge in [-0.15, -0.1) is 0 Å². The molecule has 3 heteroatoms. The topological polar surface area (TPSA) is 49.3 Å². The summed E-state index contributed by atoms with van der Waals surface area (Å²) in [5, 5.41) is 10.2. The zero-order valence-corrected chi connectivity index (χ0v) is 6.34. The molecule has 0 aliphatic carbocycles. The summed E-state index contributed by atoms with van der Waals surface area (Å²) in [6, 6.07) is 0. The Balaban J connectivity index is 0.000000236. The van der Waals surface area contributed by atoms with Gasteiger partial charge in [0.1, 0.15) is 0 Å². The number of carboxylic acid groups (broad SMARTS) is 1. The van der Waals surface area contributed by atoms with Crippen LogP contribution in [0.25, 0.3) is 0 Å². The maximum Gasteiger partial charge on any atom is 0.290 e. The summed E-state index contributed by atoms with van der Waals surface area (Å²) >= 11 is 0. The molecular formula is C7H15NO2. The van der Waals surface area contributed by atoms with Crippen LogP contribution in [0.15, 0.2) is 0 Å². The molecule has 0 amide bonds. The summed E-state index contributed by atoms with van der Waals surface area (Å²) in [4.78, 5) is 8.36. The Morgan fingerprint density at radius 2 is 1.90 bits per heavy atom. The predicted molar refractivity (Wildman–Crippen MR) is 40.0 cm³/mol. The van der Waals surface area contributed by atoms with E-state index in [-0.39, 0.29) is 6.47 Å². The first-order valence-corrected chi connectivity index (χ1v) is 3.59. The third-order valence-corrected chi connectivity index (χ3v) is 1.63. The van der Waals surface area contributed by atoms with Gasteiger partial charge in [0.2, 0.25) is 0 Å². The third kappa shape index (κ3) is 5.56. The first-order chi connectivity index (χ1) is 4.81. The van der Waals surface area contributed by atoms with E-state index in [0.717, 1.165) is 5.92 Å². The zero-order valence-electron chi connectivity index (χ0n) is 6.34. The highest BCUT2D eigenvalue weighted by atomic mass is 16.3. The minimum Gasteiger partial charge on any atom is -0.483 e. The molecule has 0 saturated carbocycles. The predicted octanol–water partition coefficient (Wildman–Crippen LogP) is 0.707. The summed E-state index contributed by atoms with van der Waals surface area (Å²) < 4.78 is 0. The summed E-state index contributed by atoms with van der Waals surface area (Å²) in [6.07, 6.45) is 2.75. The van der Waals surface area contributed by atoms with E-state index in [1.807, 2.05) is 0 Å². The van der Waals surface area contributed by atoms with Crippen molar-refractivity contribution < 1.29 is 9.90 Å². The van der Waals surface area contributed by atoms with Crippen molar-refractivity contribution in [1.82, 2.24) is 5.32 Å². The molecule has 0 aromatic carbocycles. The van der Waals surface area contributed by atoms with Crippen LogP contribution in [0.4, 0.5) is 0 Å². The van der Waals surface area contributed by atoms with E-state index < -0.39 is 0 Å². The molecule has 0 unspecified atom stereocenters. The normalized spacial score (nSPS) is 18.9. The highest BCUT2D eigenvalue weighted by Crippen LogP contribution is 2.08. The summed E-state index contributed by atoms with van der Waals surface area (Å²) in [6.45, 7) is 4.54. The molecule has 0 bridgehead atoms. The maximum absolute atomic E-state index is 8.36. The fourth-order valence-corrected chi connectivity index (χ4v) is 0.966. The first-order valence-electron chi connectivity index (χ1n) is 3.59. The highest BCUT2D eigenvalue weighted by Gasteiger charge is 2.04. The van der Waals surface area contributed by atoms with E-state index in [9.17, 15) is 0 Å². The van der Waals surface area contributed by atoms with Gasteiger partial charge in [-0.05, 0) is 31.8 Å². The van der Waals surface area contributed by atoms with Crippen molar-refractivity contribution in [3.63, 3.8) is 0 Å². The molecule has 0 radical (unpaired) electrons.